The number of rotatable bonds is 4. The summed E-state index contributed by atoms with van der Waals surface area (Å²) in [5.74, 6) is 3.94. The third kappa shape index (κ3) is 6.47. The van der Waals surface area contributed by atoms with Crippen LogP contribution in [-0.4, -0.2) is 16.1 Å². The van der Waals surface area contributed by atoms with Crippen LogP contribution in [0.3, 0.4) is 0 Å². The number of hydrogen-bond acceptors (Lipinski definition) is 1. The first-order chi connectivity index (χ1) is 10.7. The highest BCUT2D eigenvalue weighted by Crippen LogP contribution is 2.23. The maximum Gasteiger partial charge on any atom is 0.155 e. The zero-order chi connectivity index (χ0) is 17.5. The predicted molar refractivity (Wildman–Crippen MR) is 107 cm³/mol. The first-order valence-electron chi connectivity index (χ1n) is 8.27. The molecule has 0 atom stereocenters. The van der Waals surface area contributed by atoms with Gasteiger partial charge in [-0.1, -0.05) is 63.5 Å². The van der Waals surface area contributed by atoms with Crippen molar-refractivity contribution in [2.24, 2.45) is 0 Å². The van der Waals surface area contributed by atoms with Crippen molar-refractivity contribution in [3.63, 3.8) is 0 Å². The van der Waals surface area contributed by atoms with Crippen molar-refractivity contribution in [3.05, 3.63) is 28.8 Å². The summed E-state index contributed by atoms with van der Waals surface area (Å²) in [6, 6.07) is 9.04. The van der Waals surface area contributed by atoms with E-state index in [0.29, 0.717) is 10.8 Å². The normalized spacial score (nSPS) is 11.1. The molecule has 0 radical (unpaired) electrons. The Labute approximate surface area is 148 Å². The topological polar surface area (TPSA) is 9.23 Å². The summed E-state index contributed by atoms with van der Waals surface area (Å²) in [7, 11) is -2.94. The van der Waals surface area contributed by atoms with Crippen molar-refractivity contribution in [2.45, 2.75) is 58.5 Å². The lowest BCUT2D eigenvalue weighted by Crippen LogP contribution is -2.29. The van der Waals surface area contributed by atoms with Crippen molar-refractivity contribution < 1.29 is 4.74 Å². The Kier molecular flexibility index (Phi) is 7.48. The van der Waals surface area contributed by atoms with Gasteiger partial charge in [0.2, 0.25) is 0 Å². The lowest BCUT2D eigenvalue weighted by Gasteiger charge is -2.19. The van der Waals surface area contributed by atoms with Gasteiger partial charge in [-0.3, -0.25) is 0 Å². The first kappa shape index (κ1) is 19.9. The number of halogens is 1. The van der Waals surface area contributed by atoms with Crippen molar-refractivity contribution in [1.29, 1.82) is 0 Å². The second-order valence-corrected chi connectivity index (χ2v) is 16.9. The Balaban J connectivity index is 3.09. The molecule has 0 saturated heterocycles. The molecule has 0 spiro atoms. The van der Waals surface area contributed by atoms with Crippen LogP contribution in [0.1, 0.15) is 26.3 Å². The van der Waals surface area contributed by atoms with Gasteiger partial charge in [0.1, 0.15) is 22.3 Å². The van der Waals surface area contributed by atoms with Gasteiger partial charge in [-0.05, 0) is 36.3 Å². The molecule has 0 aromatic heterocycles. The average Bonchev–Trinajstić information content (AvgIpc) is 2.51. The van der Waals surface area contributed by atoms with E-state index < -0.39 is 16.1 Å². The Bertz CT molecular complexity index is 642. The summed E-state index contributed by atoms with van der Waals surface area (Å²) in [5, 5.41) is 0.671. The van der Waals surface area contributed by atoms with Crippen molar-refractivity contribution in [1.82, 2.24) is 0 Å². The van der Waals surface area contributed by atoms with Gasteiger partial charge >= 0.3 is 0 Å². The van der Waals surface area contributed by atoms with Gasteiger partial charge in [0.15, 0.2) is 5.75 Å². The maximum atomic E-state index is 6.10. The Morgan fingerprint density at radius 3 is 2.13 bits per heavy atom. The minimum absolute atomic E-state index is 0.671. The van der Waals surface area contributed by atoms with Crippen LogP contribution in [0.4, 0.5) is 0 Å². The van der Waals surface area contributed by atoms with E-state index >= 15 is 0 Å². The molecule has 0 heterocycles. The Morgan fingerprint density at radius 2 is 1.61 bits per heavy atom. The van der Waals surface area contributed by atoms with Gasteiger partial charge in [0.25, 0.3) is 0 Å². The van der Waals surface area contributed by atoms with Gasteiger partial charge in [0, 0.05) is 5.02 Å². The molecule has 1 aromatic rings. The highest BCUT2D eigenvalue weighted by atomic mass is 35.5. The molecular formula is C19H27ClOSi2. The van der Waals surface area contributed by atoms with Crippen LogP contribution in [0, 0.1) is 23.1 Å². The largest absolute Gasteiger partial charge is 0.407 e. The minimum atomic E-state index is -1.49. The third-order valence-corrected chi connectivity index (χ3v) is 9.82. The van der Waals surface area contributed by atoms with E-state index in [9.17, 15) is 0 Å². The van der Waals surface area contributed by atoms with E-state index in [-0.39, 0.29) is 0 Å². The van der Waals surface area contributed by atoms with E-state index in [1.807, 2.05) is 18.2 Å². The monoisotopic (exact) mass is 362 g/mol. The molecule has 4 heteroatoms. The lowest BCUT2D eigenvalue weighted by molar-refractivity contribution is 0.518. The molecule has 0 saturated carbocycles. The highest BCUT2D eigenvalue weighted by molar-refractivity contribution is 6.87. The Hall–Kier alpha value is -1.14. The number of hydrogen-bond donors (Lipinski definition) is 0. The fraction of sp³-hybridized carbons (Fsp3) is 0.474. The standard InChI is InChI=1S/C19H27ClOSi2/c1-7-23(8-2,9-3)15-13-21-19-11-10-18(20)16-17(19)12-14-22(4,5)6/h10-11,16H,7-9H2,1-6H3. The number of ether oxygens (including phenoxy) is 1. The summed E-state index contributed by atoms with van der Waals surface area (Å²) < 4.78 is 5.75. The number of benzene rings is 1. The first-order valence-corrected chi connectivity index (χ1v) is 14.8. The van der Waals surface area contributed by atoms with Crippen LogP contribution < -0.4 is 4.74 Å². The summed E-state index contributed by atoms with van der Waals surface area (Å²) >= 11 is 6.10. The van der Waals surface area contributed by atoms with Crippen LogP contribution >= 0.6 is 11.6 Å². The molecule has 0 bridgehead atoms. The van der Waals surface area contributed by atoms with Crippen LogP contribution in [-0.2, 0) is 0 Å². The third-order valence-electron chi connectivity index (χ3n) is 4.02. The maximum absolute atomic E-state index is 6.10. The molecule has 0 aliphatic rings. The summed E-state index contributed by atoms with van der Waals surface area (Å²) in [5.41, 5.74) is 7.62. The van der Waals surface area contributed by atoms with Gasteiger partial charge < -0.3 is 4.74 Å². The zero-order valence-corrected chi connectivity index (χ0v) is 17.9. The van der Waals surface area contributed by atoms with Crippen LogP contribution in [0.25, 0.3) is 0 Å². The molecule has 1 rings (SSSR count). The fourth-order valence-corrected chi connectivity index (χ4v) is 5.13. The minimum Gasteiger partial charge on any atom is -0.407 e. The molecule has 0 unspecified atom stereocenters. The van der Waals surface area contributed by atoms with Crippen LogP contribution in [0.15, 0.2) is 18.2 Å². The average molecular weight is 363 g/mol. The summed E-state index contributed by atoms with van der Waals surface area (Å²) in [6.45, 7) is 13.4. The van der Waals surface area contributed by atoms with E-state index in [1.54, 1.807) is 0 Å². The molecule has 0 fully saturated rings. The van der Waals surface area contributed by atoms with E-state index in [4.69, 9.17) is 16.3 Å². The van der Waals surface area contributed by atoms with E-state index in [0.717, 1.165) is 5.56 Å². The summed E-state index contributed by atoms with van der Waals surface area (Å²) in [6.07, 6.45) is 2.96. The molecule has 1 aromatic carbocycles. The molecule has 0 aliphatic carbocycles. The van der Waals surface area contributed by atoms with Gasteiger partial charge in [-0.25, -0.2) is 0 Å². The predicted octanol–water partition coefficient (Wildman–Crippen LogP) is 5.96. The highest BCUT2D eigenvalue weighted by Gasteiger charge is 2.24. The van der Waals surface area contributed by atoms with Crippen molar-refractivity contribution in [2.75, 3.05) is 0 Å². The smallest absolute Gasteiger partial charge is 0.155 e. The molecule has 0 aliphatic heterocycles. The second-order valence-electron chi connectivity index (χ2n) is 6.81. The second kappa shape index (κ2) is 8.64. The van der Waals surface area contributed by atoms with Gasteiger partial charge in [-0.15, -0.1) is 5.54 Å². The van der Waals surface area contributed by atoms with Crippen molar-refractivity contribution >= 4 is 27.7 Å². The molecular weight excluding hydrogens is 336 g/mol. The molecule has 1 nitrogen and oxygen atoms in total. The Morgan fingerprint density at radius 1 is 1.00 bits per heavy atom. The van der Waals surface area contributed by atoms with Crippen LogP contribution in [0.5, 0.6) is 5.75 Å². The molecule has 124 valence electrons. The van der Waals surface area contributed by atoms with E-state index in [2.05, 4.69) is 63.5 Å². The van der Waals surface area contributed by atoms with E-state index in [1.165, 1.54) is 18.1 Å². The van der Waals surface area contributed by atoms with Gasteiger partial charge in [-0.2, -0.15) is 0 Å². The molecule has 0 N–H and O–H groups in total. The lowest BCUT2D eigenvalue weighted by atomic mass is 10.2. The van der Waals surface area contributed by atoms with Crippen LogP contribution in [0.2, 0.25) is 42.8 Å². The molecule has 0 amide bonds. The fourth-order valence-electron chi connectivity index (χ4n) is 2.15. The van der Waals surface area contributed by atoms with Gasteiger partial charge in [0.05, 0.1) is 5.56 Å². The quantitative estimate of drug-likeness (QED) is 0.474. The molecule has 23 heavy (non-hydrogen) atoms. The van der Waals surface area contributed by atoms with Crippen molar-refractivity contribution in [3.8, 4) is 28.9 Å². The SMILES string of the molecule is CC[Si](C#COc1ccc(Cl)cc1C#C[Si](C)(C)C)(CC)CC. The zero-order valence-electron chi connectivity index (χ0n) is 15.1. The summed E-state index contributed by atoms with van der Waals surface area (Å²) in [4.78, 5) is 0.